The van der Waals surface area contributed by atoms with E-state index in [4.69, 9.17) is 25.8 Å². The lowest BCUT2D eigenvalue weighted by Crippen LogP contribution is -2.36. The van der Waals surface area contributed by atoms with Crippen LogP contribution in [0.1, 0.15) is 10.4 Å². The SMILES string of the molecule is COc1cc(OC)c(NC(=O)c2ccc(N3CCOCC3)nc2)cc1Cl. The van der Waals surface area contributed by atoms with Crippen LogP contribution in [-0.4, -0.2) is 51.4 Å². The number of methoxy groups -OCH3 is 2. The van der Waals surface area contributed by atoms with Gasteiger partial charge in [-0.05, 0) is 18.2 Å². The molecule has 138 valence electrons. The first-order valence-electron chi connectivity index (χ1n) is 8.14. The van der Waals surface area contributed by atoms with Crippen LogP contribution in [0.2, 0.25) is 5.02 Å². The van der Waals surface area contributed by atoms with Crippen LogP contribution >= 0.6 is 11.6 Å². The third-order valence-corrected chi connectivity index (χ3v) is 4.36. The number of hydrogen-bond donors (Lipinski definition) is 1. The first kappa shape index (κ1) is 18.3. The van der Waals surface area contributed by atoms with Gasteiger partial charge in [-0.1, -0.05) is 11.6 Å². The molecule has 0 unspecified atom stereocenters. The highest BCUT2D eigenvalue weighted by Gasteiger charge is 2.16. The highest BCUT2D eigenvalue weighted by Crippen LogP contribution is 2.36. The van der Waals surface area contributed by atoms with Gasteiger partial charge in [-0.2, -0.15) is 0 Å². The van der Waals surface area contributed by atoms with Crippen molar-refractivity contribution in [1.29, 1.82) is 0 Å². The van der Waals surface area contributed by atoms with Crippen LogP contribution < -0.4 is 19.7 Å². The number of rotatable bonds is 5. The predicted octanol–water partition coefficient (Wildman–Crippen LogP) is 2.84. The van der Waals surface area contributed by atoms with E-state index in [1.165, 1.54) is 14.2 Å². The summed E-state index contributed by atoms with van der Waals surface area (Å²) in [4.78, 5) is 19.0. The monoisotopic (exact) mass is 377 g/mol. The molecule has 0 radical (unpaired) electrons. The van der Waals surface area contributed by atoms with Gasteiger partial charge in [0, 0.05) is 25.4 Å². The quantitative estimate of drug-likeness (QED) is 0.863. The van der Waals surface area contributed by atoms with Gasteiger partial charge in [-0.3, -0.25) is 4.79 Å². The van der Waals surface area contributed by atoms with Crippen LogP contribution in [0.4, 0.5) is 11.5 Å². The standard InChI is InChI=1S/C18H20ClN3O4/c1-24-15-10-16(25-2)14(9-13(15)19)21-18(23)12-3-4-17(20-11-12)22-5-7-26-8-6-22/h3-4,9-11H,5-8H2,1-2H3,(H,21,23). The zero-order valence-electron chi connectivity index (χ0n) is 14.6. The van der Waals surface area contributed by atoms with E-state index in [-0.39, 0.29) is 5.91 Å². The number of nitrogens with one attached hydrogen (secondary N) is 1. The minimum absolute atomic E-state index is 0.300. The number of anilines is 2. The van der Waals surface area contributed by atoms with Gasteiger partial charge in [0.05, 0.1) is 43.7 Å². The van der Waals surface area contributed by atoms with E-state index in [0.717, 1.165) is 18.9 Å². The summed E-state index contributed by atoms with van der Waals surface area (Å²) >= 11 is 6.13. The lowest BCUT2D eigenvalue weighted by molar-refractivity contribution is 0.102. The smallest absolute Gasteiger partial charge is 0.257 e. The van der Waals surface area contributed by atoms with Crippen molar-refractivity contribution in [2.45, 2.75) is 0 Å². The Balaban J connectivity index is 1.74. The van der Waals surface area contributed by atoms with Crippen molar-refractivity contribution in [3.63, 3.8) is 0 Å². The summed E-state index contributed by atoms with van der Waals surface area (Å²) in [5, 5.41) is 3.17. The molecule has 2 aromatic rings. The van der Waals surface area contributed by atoms with Crippen LogP contribution in [0.15, 0.2) is 30.5 Å². The molecule has 3 rings (SSSR count). The second-order valence-electron chi connectivity index (χ2n) is 5.65. The summed E-state index contributed by atoms with van der Waals surface area (Å²) in [6, 6.07) is 6.79. The fourth-order valence-corrected chi connectivity index (χ4v) is 2.89. The van der Waals surface area contributed by atoms with Crippen LogP contribution in [-0.2, 0) is 4.74 Å². The molecule has 1 aromatic carbocycles. The Morgan fingerprint density at radius 1 is 1.19 bits per heavy atom. The number of halogens is 1. The van der Waals surface area contributed by atoms with Gasteiger partial charge in [-0.25, -0.2) is 4.98 Å². The first-order valence-corrected chi connectivity index (χ1v) is 8.52. The maximum Gasteiger partial charge on any atom is 0.257 e. The van der Waals surface area contributed by atoms with Crippen LogP contribution in [0.25, 0.3) is 0 Å². The van der Waals surface area contributed by atoms with E-state index in [0.29, 0.717) is 41.0 Å². The van der Waals surface area contributed by atoms with E-state index in [1.54, 1.807) is 24.4 Å². The van der Waals surface area contributed by atoms with Gasteiger partial charge in [0.15, 0.2) is 0 Å². The fourth-order valence-electron chi connectivity index (χ4n) is 2.65. The van der Waals surface area contributed by atoms with Gasteiger partial charge in [0.2, 0.25) is 0 Å². The molecule has 1 amide bonds. The van der Waals surface area contributed by atoms with Crippen LogP contribution in [0, 0.1) is 0 Å². The van der Waals surface area contributed by atoms with Crippen molar-refractivity contribution in [2.24, 2.45) is 0 Å². The average Bonchev–Trinajstić information content (AvgIpc) is 2.69. The van der Waals surface area contributed by atoms with Gasteiger partial charge >= 0.3 is 0 Å². The van der Waals surface area contributed by atoms with Crippen molar-refractivity contribution in [2.75, 3.05) is 50.7 Å². The Hall–Kier alpha value is -2.51. The molecule has 1 aliphatic heterocycles. The Morgan fingerprint density at radius 3 is 2.54 bits per heavy atom. The molecular formula is C18H20ClN3O4. The van der Waals surface area contributed by atoms with E-state index in [1.807, 2.05) is 6.07 Å². The number of hydrogen-bond acceptors (Lipinski definition) is 6. The van der Waals surface area contributed by atoms with Crippen molar-refractivity contribution in [3.05, 3.63) is 41.0 Å². The molecule has 1 aliphatic rings. The zero-order chi connectivity index (χ0) is 18.5. The number of aromatic nitrogens is 1. The summed E-state index contributed by atoms with van der Waals surface area (Å²) < 4.78 is 15.8. The molecule has 1 saturated heterocycles. The fraction of sp³-hybridized carbons (Fsp3) is 0.333. The van der Waals surface area contributed by atoms with Crippen molar-refractivity contribution >= 4 is 29.0 Å². The molecule has 2 heterocycles. The molecular weight excluding hydrogens is 358 g/mol. The van der Waals surface area contributed by atoms with E-state index < -0.39 is 0 Å². The third kappa shape index (κ3) is 4.00. The second kappa shape index (κ2) is 8.25. The third-order valence-electron chi connectivity index (χ3n) is 4.07. The first-order chi connectivity index (χ1) is 12.6. The van der Waals surface area contributed by atoms with Crippen LogP contribution in [0.5, 0.6) is 11.5 Å². The molecule has 0 aliphatic carbocycles. The summed E-state index contributed by atoms with van der Waals surface area (Å²) in [5.41, 5.74) is 0.900. The minimum atomic E-state index is -0.300. The minimum Gasteiger partial charge on any atom is -0.495 e. The highest BCUT2D eigenvalue weighted by molar-refractivity contribution is 6.32. The number of benzene rings is 1. The average molecular weight is 378 g/mol. The molecule has 1 N–H and O–H groups in total. The second-order valence-corrected chi connectivity index (χ2v) is 6.05. The zero-order valence-corrected chi connectivity index (χ0v) is 15.4. The molecule has 26 heavy (non-hydrogen) atoms. The summed E-state index contributed by atoms with van der Waals surface area (Å²) in [6.07, 6.45) is 1.55. The lowest BCUT2D eigenvalue weighted by Gasteiger charge is -2.27. The number of amides is 1. The number of nitrogens with zero attached hydrogens (tertiary/aromatic N) is 2. The number of ether oxygens (including phenoxy) is 3. The number of carbonyl (C=O) groups excluding carboxylic acids is 1. The Bertz CT molecular complexity index is 777. The Morgan fingerprint density at radius 2 is 1.92 bits per heavy atom. The Kier molecular flexibility index (Phi) is 5.80. The maximum atomic E-state index is 12.5. The van der Waals surface area contributed by atoms with Gasteiger partial charge in [0.25, 0.3) is 5.91 Å². The summed E-state index contributed by atoms with van der Waals surface area (Å²) in [7, 11) is 3.03. The van der Waals surface area contributed by atoms with E-state index in [2.05, 4.69) is 15.2 Å². The van der Waals surface area contributed by atoms with Crippen LogP contribution in [0.3, 0.4) is 0 Å². The maximum absolute atomic E-state index is 12.5. The molecule has 0 spiro atoms. The largest absolute Gasteiger partial charge is 0.495 e. The predicted molar refractivity (Wildman–Crippen MR) is 99.8 cm³/mol. The van der Waals surface area contributed by atoms with Crippen molar-refractivity contribution in [1.82, 2.24) is 4.98 Å². The van der Waals surface area contributed by atoms with Gasteiger partial charge in [-0.15, -0.1) is 0 Å². The van der Waals surface area contributed by atoms with Crippen molar-refractivity contribution < 1.29 is 19.0 Å². The molecule has 0 saturated carbocycles. The molecule has 1 fully saturated rings. The van der Waals surface area contributed by atoms with Gasteiger partial charge < -0.3 is 24.4 Å². The lowest BCUT2D eigenvalue weighted by atomic mass is 10.2. The molecule has 0 bridgehead atoms. The normalized spacial score (nSPS) is 14.0. The van der Waals surface area contributed by atoms with E-state index >= 15 is 0 Å². The number of pyridine rings is 1. The topological polar surface area (TPSA) is 72.9 Å². The van der Waals surface area contributed by atoms with E-state index in [9.17, 15) is 4.79 Å². The number of carbonyl (C=O) groups is 1. The molecule has 0 atom stereocenters. The number of morpholine rings is 1. The molecule has 7 nitrogen and oxygen atoms in total. The molecule has 1 aromatic heterocycles. The van der Waals surface area contributed by atoms with Gasteiger partial charge in [0.1, 0.15) is 17.3 Å². The summed E-state index contributed by atoms with van der Waals surface area (Å²) in [5.74, 6) is 1.45. The van der Waals surface area contributed by atoms with Crippen molar-refractivity contribution in [3.8, 4) is 11.5 Å². The molecule has 8 heteroatoms. The summed E-state index contributed by atoms with van der Waals surface area (Å²) in [6.45, 7) is 2.95. The highest BCUT2D eigenvalue weighted by atomic mass is 35.5. The Labute approximate surface area is 156 Å².